The van der Waals surface area contributed by atoms with Crippen LogP contribution in [0.5, 0.6) is 0 Å². The minimum Gasteiger partial charge on any atom is -0.480 e. The second kappa shape index (κ2) is 3.35. The first kappa shape index (κ1) is 9.38. The maximum absolute atomic E-state index is 12.7. The van der Waals surface area contributed by atoms with E-state index in [0.717, 1.165) is 0 Å². The van der Waals surface area contributed by atoms with Gasteiger partial charge >= 0.3 is 5.97 Å². The number of rotatable bonds is 2. The molecule has 0 amide bonds. The van der Waals surface area contributed by atoms with Crippen molar-refractivity contribution in [1.29, 1.82) is 0 Å². The molecule has 0 bridgehead atoms. The van der Waals surface area contributed by atoms with Crippen molar-refractivity contribution in [1.82, 2.24) is 4.90 Å². The molecule has 1 rings (SSSR count). The van der Waals surface area contributed by atoms with E-state index in [1.807, 2.05) is 0 Å². The molecule has 70 valence electrons. The van der Waals surface area contributed by atoms with Crippen LogP contribution < -0.4 is 0 Å². The lowest BCUT2D eigenvalue weighted by atomic mass is 10.1. The van der Waals surface area contributed by atoms with Crippen LogP contribution in [-0.2, 0) is 4.79 Å². The Labute approximate surface area is 69.0 Å². The summed E-state index contributed by atoms with van der Waals surface area (Å²) in [5.74, 6) is -3.75. The van der Waals surface area contributed by atoms with Crippen molar-refractivity contribution in [2.75, 3.05) is 19.6 Å². The number of carboxylic acid groups (broad SMARTS) is 1. The molecule has 5 heteroatoms. The van der Waals surface area contributed by atoms with Crippen LogP contribution >= 0.6 is 0 Å². The van der Waals surface area contributed by atoms with Gasteiger partial charge in [-0.15, -0.1) is 0 Å². The van der Waals surface area contributed by atoms with Gasteiger partial charge in [0.1, 0.15) is 0 Å². The third-order valence-electron chi connectivity index (χ3n) is 1.83. The van der Waals surface area contributed by atoms with Gasteiger partial charge in [-0.25, -0.2) is 8.78 Å². The van der Waals surface area contributed by atoms with Crippen molar-refractivity contribution in [3.63, 3.8) is 0 Å². The Morgan fingerprint density at radius 2 is 2.25 bits per heavy atom. The van der Waals surface area contributed by atoms with Gasteiger partial charge in [0.25, 0.3) is 5.92 Å². The van der Waals surface area contributed by atoms with Gasteiger partial charge in [0.15, 0.2) is 0 Å². The summed E-state index contributed by atoms with van der Waals surface area (Å²) in [6, 6.07) is 0. The van der Waals surface area contributed by atoms with E-state index in [2.05, 4.69) is 0 Å². The molecule has 1 heterocycles. The first-order chi connectivity index (χ1) is 5.49. The second-order valence-corrected chi connectivity index (χ2v) is 3.06. The Kier molecular flexibility index (Phi) is 2.62. The van der Waals surface area contributed by atoms with Gasteiger partial charge in [0.2, 0.25) is 0 Å². The second-order valence-electron chi connectivity index (χ2n) is 3.06. The summed E-state index contributed by atoms with van der Waals surface area (Å²) in [5.41, 5.74) is 0. The fourth-order valence-electron chi connectivity index (χ4n) is 1.37. The quantitative estimate of drug-likeness (QED) is 0.681. The van der Waals surface area contributed by atoms with Crippen LogP contribution in [-0.4, -0.2) is 41.5 Å². The molecule has 0 aromatic carbocycles. The van der Waals surface area contributed by atoms with E-state index in [9.17, 15) is 13.6 Å². The molecule has 0 atom stereocenters. The molecule has 0 aromatic rings. The summed E-state index contributed by atoms with van der Waals surface area (Å²) >= 11 is 0. The molecule has 0 aromatic heterocycles. The van der Waals surface area contributed by atoms with Crippen LogP contribution in [0.15, 0.2) is 0 Å². The average molecular weight is 179 g/mol. The summed E-state index contributed by atoms with van der Waals surface area (Å²) in [5, 5.41) is 8.35. The van der Waals surface area contributed by atoms with E-state index in [1.54, 1.807) is 0 Å². The normalized spacial score (nSPS) is 23.8. The lowest BCUT2D eigenvalue weighted by Crippen LogP contribution is -2.44. The van der Waals surface area contributed by atoms with Gasteiger partial charge in [0, 0.05) is 6.42 Å². The zero-order chi connectivity index (χ0) is 9.19. The lowest BCUT2D eigenvalue weighted by molar-refractivity contribution is -0.140. The summed E-state index contributed by atoms with van der Waals surface area (Å²) in [4.78, 5) is 11.5. The van der Waals surface area contributed by atoms with Crippen LogP contribution in [0.3, 0.4) is 0 Å². The number of nitrogens with zero attached hydrogens (tertiary/aromatic N) is 1. The van der Waals surface area contributed by atoms with Crippen molar-refractivity contribution in [3.05, 3.63) is 0 Å². The average Bonchev–Trinajstić information content (AvgIpc) is 1.82. The maximum atomic E-state index is 12.7. The first-order valence-electron chi connectivity index (χ1n) is 3.82. The van der Waals surface area contributed by atoms with Gasteiger partial charge in [-0.1, -0.05) is 0 Å². The predicted molar refractivity (Wildman–Crippen MR) is 38.3 cm³/mol. The topological polar surface area (TPSA) is 40.5 Å². The highest BCUT2D eigenvalue weighted by molar-refractivity contribution is 5.69. The van der Waals surface area contributed by atoms with E-state index in [0.29, 0.717) is 13.0 Å². The van der Waals surface area contributed by atoms with Crippen molar-refractivity contribution in [2.45, 2.75) is 18.8 Å². The Bertz CT molecular complexity index is 184. The van der Waals surface area contributed by atoms with E-state index in [1.165, 1.54) is 4.90 Å². The van der Waals surface area contributed by atoms with E-state index >= 15 is 0 Å². The van der Waals surface area contributed by atoms with Crippen LogP contribution in [0.4, 0.5) is 8.78 Å². The number of halogens is 2. The predicted octanol–water partition coefficient (Wildman–Crippen LogP) is 0.802. The monoisotopic (exact) mass is 179 g/mol. The van der Waals surface area contributed by atoms with E-state index in [-0.39, 0.29) is 13.0 Å². The number of hydrogen-bond acceptors (Lipinski definition) is 2. The fraction of sp³-hybridized carbons (Fsp3) is 0.857. The van der Waals surface area contributed by atoms with E-state index in [4.69, 9.17) is 5.11 Å². The molecule has 0 unspecified atom stereocenters. The highest BCUT2D eigenvalue weighted by Gasteiger charge is 2.35. The molecule has 1 aliphatic heterocycles. The molecular formula is C7H11F2NO2. The third kappa shape index (κ3) is 2.73. The summed E-state index contributed by atoms with van der Waals surface area (Å²) in [6.07, 6.45) is 0.253. The lowest BCUT2D eigenvalue weighted by Gasteiger charge is -2.30. The highest BCUT2D eigenvalue weighted by Crippen LogP contribution is 2.25. The summed E-state index contributed by atoms with van der Waals surface area (Å²) < 4.78 is 25.3. The maximum Gasteiger partial charge on any atom is 0.317 e. The minimum absolute atomic E-state index is 0.122. The molecule has 1 N–H and O–H groups in total. The van der Waals surface area contributed by atoms with Crippen molar-refractivity contribution >= 4 is 5.97 Å². The van der Waals surface area contributed by atoms with Gasteiger partial charge in [-0.3, -0.25) is 9.69 Å². The van der Waals surface area contributed by atoms with Crippen LogP contribution in [0, 0.1) is 0 Å². The summed E-state index contributed by atoms with van der Waals surface area (Å²) in [6.45, 7) is -0.239. The SMILES string of the molecule is O=C(O)CN1CCCC(F)(F)C1. The number of aliphatic carboxylic acids is 1. The number of carboxylic acids is 1. The molecular weight excluding hydrogens is 168 g/mol. The molecule has 0 saturated carbocycles. The third-order valence-corrected chi connectivity index (χ3v) is 1.83. The first-order valence-corrected chi connectivity index (χ1v) is 3.82. The van der Waals surface area contributed by atoms with Crippen molar-refractivity contribution < 1.29 is 18.7 Å². The summed E-state index contributed by atoms with van der Waals surface area (Å²) in [7, 11) is 0. The minimum atomic E-state index is -2.70. The van der Waals surface area contributed by atoms with Crippen molar-refractivity contribution in [3.8, 4) is 0 Å². The number of piperidine rings is 1. The molecule has 0 spiro atoms. The Morgan fingerprint density at radius 1 is 1.58 bits per heavy atom. The standard InChI is InChI=1S/C7H11F2NO2/c8-7(9)2-1-3-10(5-7)4-6(11)12/h1-5H2,(H,11,12). The Morgan fingerprint density at radius 3 is 2.75 bits per heavy atom. The van der Waals surface area contributed by atoms with E-state index < -0.39 is 18.4 Å². The Balaban J connectivity index is 2.41. The van der Waals surface area contributed by atoms with Gasteiger partial charge in [-0.05, 0) is 13.0 Å². The number of carbonyl (C=O) groups is 1. The number of hydrogen-bond donors (Lipinski definition) is 1. The van der Waals surface area contributed by atoms with Crippen LogP contribution in [0.25, 0.3) is 0 Å². The molecule has 1 saturated heterocycles. The molecule has 1 aliphatic rings. The molecule has 12 heavy (non-hydrogen) atoms. The Hall–Kier alpha value is -0.710. The number of alkyl halides is 2. The zero-order valence-electron chi connectivity index (χ0n) is 6.59. The highest BCUT2D eigenvalue weighted by atomic mass is 19.3. The molecule has 0 aliphatic carbocycles. The largest absolute Gasteiger partial charge is 0.480 e. The van der Waals surface area contributed by atoms with Crippen LogP contribution in [0.2, 0.25) is 0 Å². The smallest absolute Gasteiger partial charge is 0.317 e. The molecule has 1 fully saturated rings. The van der Waals surface area contributed by atoms with Gasteiger partial charge in [-0.2, -0.15) is 0 Å². The van der Waals surface area contributed by atoms with Crippen molar-refractivity contribution in [2.24, 2.45) is 0 Å². The fourth-order valence-corrected chi connectivity index (χ4v) is 1.37. The molecule has 3 nitrogen and oxygen atoms in total. The van der Waals surface area contributed by atoms with Gasteiger partial charge in [0.05, 0.1) is 13.1 Å². The van der Waals surface area contributed by atoms with Crippen LogP contribution in [0.1, 0.15) is 12.8 Å². The molecule has 0 radical (unpaired) electrons. The van der Waals surface area contributed by atoms with Gasteiger partial charge < -0.3 is 5.11 Å². The number of likely N-dealkylation sites (tertiary alicyclic amines) is 1. The zero-order valence-corrected chi connectivity index (χ0v) is 6.59.